The van der Waals surface area contributed by atoms with E-state index in [0.29, 0.717) is 12.6 Å². The lowest BCUT2D eigenvalue weighted by Gasteiger charge is -2.30. The van der Waals surface area contributed by atoms with Crippen molar-refractivity contribution < 1.29 is 9.53 Å². The molecule has 0 radical (unpaired) electrons. The van der Waals surface area contributed by atoms with E-state index < -0.39 is 0 Å². The fourth-order valence-electron chi connectivity index (χ4n) is 3.00. The Morgan fingerprint density at radius 1 is 1.50 bits per heavy atom. The molecular formula is C15H25N3O2. The molecule has 1 unspecified atom stereocenters. The van der Waals surface area contributed by atoms with Gasteiger partial charge in [0, 0.05) is 25.3 Å². The Morgan fingerprint density at radius 3 is 2.75 bits per heavy atom. The maximum absolute atomic E-state index is 11.7. The largest absolute Gasteiger partial charge is 0.466 e. The molecule has 0 bridgehead atoms. The van der Waals surface area contributed by atoms with E-state index in [-0.39, 0.29) is 17.9 Å². The van der Waals surface area contributed by atoms with Crippen molar-refractivity contribution >= 4 is 5.97 Å². The van der Waals surface area contributed by atoms with Gasteiger partial charge in [-0.15, -0.1) is 0 Å². The minimum atomic E-state index is -0.0226. The SMILES string of the molecule is CCOC(=O)C1CCC(NC(C)c2ccnn2C)CC1. The molecule has 0 aliphatic heterocycles. The third kappa shape index (κ3) is 3.60. The molecule has 1 saturated carbocycles. The Morgan fingerprint density at radius 2 is 2.20 bits per heavy atom. The van der Waals surface area contributed by atoms with Crippen LogP contribution in [0.15, 0.2) is 12.3 Å². The number of ether oxygens (including phenoxy) is 1. The normalized spacial score (nSPS) is 24.4. The number of carbonyl (C=O) groups is 1. The van der Waals surface area contributed by atoms with E-state index in [9.17, 15) is 4.79 Å². The third-order valence-electron chi connectivity index (χ3n) is 4.14. The molecule has 1 heterocycles. The molecule has 1 atom stereocenters. The second-order valence-electron chi connectivity index (χ2n) is 5.57. The number of esters is 1. The summed E-state index contributed by atoms with van der Waals surface area (Å²) >= 11 is 0. The monoisotopic (exact) mass is 279 g/mol. The zero-order valence-corrected chi connectivity index (χ0v) is 12.6. The Kier molecular flexibility index (Phi) is 5.17. The molecule has 1 aromatic rings. The summed E-state index contributed by atoms with van der Waals surface area (Å²) in [6, 6.07) is 2.80. The van der Waals surface area contributed by atoms with Crippen LogP contribution in [0.5, 0.6) is 0 Å². The minimum Gasteiger partial charge on any atom is -0.466 e. The molecule has 0 saturated heterocycles. The predicted octanol–water partition coefficient (Wildman–Crippen LogP) is 2.19. The molecule has 20 heavy (non-hydrogen) atoms. The number of nitrogens with one attached hydrogen (secondary N) is 1. The zero-order chi connectivity index (χ0) is 14.5. The van der Waals surface area contributed by atoms with Gasteiger partial charge in [-0.3, -0.25) is 9.48 Å². The van der Waals surface area contributed by atoms with Gasteiger partial charge in [0.1, 0.15) is 0 Å². The number of hydrogen-bond acceptors (Lipinski definition) is 4. The summed E-state index contributed by atoms with van der Waals surface area (Å²) in [4.78, 5) is 11.7. The van der Waals surface area contributed by atoms with E-state index in [1.54, 1.807) is 0 Å². The molecule has 0 spiro atoms. The molecule has 1 N–H and O–H groups in total. The van der Waals surface area contributed by atoms with Crippen molar-refractivity contribution in [2.75, 3.05) is 6.61 Å². The molecule has 5 nitrogen and oxygen atoms in total. The van der Waals surface area contributed by atoms with Crippen molar-refractivity contribution in [2.24, 2.45) is 13.0 Å². The first-order valence-electron chi connectivity index (χ1n) is 7.52. The fourth-order valence-corrected chi connectivity index (χ4v) is 3.00. The lowest BCUT2D eigenvalue weighted by atomic mass is 9.85. The minimum absolute atomic E-state index is 0.0226. The smallest absolute Gasteiger partial charge is 0.308 e. The van der Waals surface area contributed by atoms with Crippen molar-refractivity contribution in [2.45, 2.75) is 51.6 Å². The second-order valence-corrected chi connectivity index (χ2v) is 5.57. The summed E-state index contributed by atoms with van der Waals surface area (Å²) in [5.74, 6) is 0.0747. The van der Waals surface area contributed by atoms with E-state index in [4.69, 9.17) is 4.74 Å². The molecule has 1 aromatic heterocycles. The molecule has 1 fully saturated rings. The summed E-state index contributed by atoms with van der Waals surface area (Å²) in [6.07, 6.45) is 5.74. The van der Waals surface area contributed by atoms with E-state index in [1.165, 1.54) is 5.69 Å². The number of hydrogen-bond donors (Lipinski definition) is 1. The first kappa shape index (κ1) is 15.0. The summed E-state index contributed by atoms with van der Waals surface area (Å²) in [6.45, 7) is 4.50. The molecular weight excluding hydrogens is 254 g/mol. The van der Waals surface area contributed by atoms with Gasteiger partial charge in [-0.1, -0.05) is 0 Å². The van der Waals surface area contributed by atoms with E-state index in [0.717, 1.165) is 25.7 Å². The fraction of sp³-hybridized carbons (Fsp3) is 0.733. The molecule has 1 aliphatic carbocycles. The van der Waals surface area contributed by atoms with Crippen LogP contribution in [0.3, 0.4) is 0 Å². The van der Waals surface area contributed by atoms with Crippen LogP contribution in [-0.4, -0.2) is 28.4 Å². The van der Waals surface area contributed by atoms with Crippen molar-refractivity contribution in [3.05, 3.63) is 18.0 Å². The number of aryl methyl sites for hydroxylation is 1. The van der Waals surface area contributed by atoms with E-state index in [1.807, 2.05) is 30.9 Å². The lowest BCUT2D eigenvalue weighted by Crippen LogP contribution is -2.37. The average Bonchev–Trinajstić information content (AvgIpc) is 2.86. The maximum atomic E-state index is 11.7. The van der Waals surface area contributed by atoms with Crippen LogP contribution in [0.4, 0.5) is 0 Å². The molecule has 1 aliphatic rings. The van der Waals surface area contributed by atoms with Crippen molar-refractivity contribution in [3.8, 4) is 0 Å². The first-order chi connectivity index (χ1) is 9.61. The average molecular weight is 279 g/mol. The van der Waals surface area contributed by atoms with Gasteiger partial charge in [0.05, 0.1) is 18.2 Å². The highest BCUT2D eigenvalue weighted by Gasteiger charge is 2.28. The Bertz CT molecular complexity index is 436. The van der Waals surface area contributed by atoms with Crippen LogP contribution in [0.1, 0.15) is 51.3 Å². The zero-order valence-electron chi connectivity index (χ0n) is 12.6. The molecule has 0 aromatic carbocycles. The van der Waals surface area contributed by atoms with Crippen molar-refractivity contribution in [1.29, 1.82) is 0 Å². The topological polar surface area (TPSA) is 56.1 Å². The van der Waals surface area contributed by atoms with Crippen molar-refractivity contribution in [3.63, 3.8) is 0 Å². The van der Waals surface area contributed by atoms with E-state index in [2.05, 4.69) is 17.3 Å². The lowest BCUT2D eigenvalue weighted by molar-refractivity contribution is -0.149. The van der Waals surface area contributed by atoms with E-state index >= 15 is 0 Å². The van der Waals surface area contributed by atoms with Crippen LogP contribution in [0.25, 0.3) is 0 Å². The molecule has 0 amide bonds. The number of nitrogens with zero attached hydrogens (tertiary/aromatic N) is 2. The van der Waals surface area contributed by atoms with Gasteiger partial charge in [-0.2, -0.15) is 5.10 Å². The van der Waals surface area contributed by atoms with Gasteiger partial charge in [-0.25, -0.2) is 0 Å². The highest BCUT2D eigenvalue weighted by atomic mass is 16.5. The number of rotatable bonds is 5. The van der Waals surface area contributed by atoms with Gasteiger partial charge < -0.3 is 10.1 Å². The van der Waals surface area contributed by atoms with Gasteiger partial charge in [0.2, 0.25) is 0 Å². The van der Waals surface area contributed by atoms with Crippen molar-refractivity contribution in [1.82, 2.24) is 15.1 Å². The van der Waals surface area contributed by atoms with Crippen LogP contribution in [0.2, 0.25) is 0 Å². The second kappa shape index (κ2) is 6.88. The highest BCUT2D eigenvalue weighted by Crippen LogP contribution is 2.27. The molecule has 2 rings (SSSR count). The molecule has 112 valence electrons. The van der Waals surface area contributed by atoms with Gasteiger partial charge in [0.15, 0.2) is 0 Å². The maximum Gasteiger partial charge on any atom is 0.308 e. The Labute approximate surface area is 120 Å². The summed E-state index contributed by atoms with van der Waals surface area (Å²) in [5, 5.41) is 7.84. The van der Waals surface area contributed by atoms with Crippen LogP contribution in [-0.2, 0) is 16.6 Å². The van der Waals surface area contributed by atoms with Crippen LogP contribution < -0.4 is 5.32 Å². The van der Waals surface area contributed by atoms with Gasteiger partial charge in [-0.05, 0) is 45.6 Å². The highest BCUT2D eigenvalue weighted by molar-refractivity contribution is 5.72. The Balaban J connectivity index is 1.80. The summed E-state index contributed by atoms with van der Waals surface area (Å²) in [7, 11) is 1.96. The number of carbonyl (C=O) groups excluding carboxylic acids is 1. The third-order valence-corrected chi connectivity index (χ3v) is 4.14. The Hall–Kier alpha value is -1.36. The number of aromatic nitrogens is 2. The summed E-state index contributed by atoms with van der Waals surface area (Å²) < 4.78 is 7.01. The summed E-state index contributed by atoms with van der Waals surface area (Å²) in [5.41, 5.74) is 1.19. The van der Waals surface area contributed by atoms with Gasteiger partial charge >= 0.3 is 5.97 Å². The van der Waals surface area contributed by atoms with Gasteiger partial charge in [0.25, 0.3) is 0 Å². The predicted molar refractivity (Wildman–Crippen MR) is 77.1 cm³/mol. The van der Waals surface area contributed by atoms with Crippen LogP contribution >= 0.6 is 0 Å². The first-order valence-corrected chi connectivity index (χ1v) is 7.52. The molecule has 5 heteroatoms. The standard InChI is InChI=1S/C15H25N3O2/c1-4-20-15(19)12-5-7-13(8-6-12)17-11(2)14-9-10-16-18(14)3/h9-13,17H,4-8H2,1-3H3. The quantitative estimate of drug-likeness (QED) is 0.839. The van der Waals surface area contributed by atoms with Crippen LogP contribution in [0, 0.1) is 5.92 Å².